The molecule has 2 heterocycles. The largest absolute Gasteiger partial charge is 0.488 e. The molecule has 2 aromatic rings. The van der Waals surface area contributed by atoms with E-state index in [9.17, 15) is 4.79 Å². The fraction of sp³-hybridized carbons (Fsp3) is 0.450. The number of aromatic nitrogens is 1. The zero-order chi connectivity index (χ0) is 18.1. The molecule has 0 aliphatic carbocycles. The van der Waals surface area contributed by atoms with Crippen LogP contribution in [0.3, 0.4) is 0 Å². The van der Waals surface area contributed by atoms with E-state index >= 15 is 0 Å². The van der Waals surface area contributed by atoms with Crippen LogP contribution < -0.4 is 15.6 Å². The van der Waals surface area contributed by atoms with E-state index in [1.54, 1.807) is 0 Å². The van der Waals surface area contributed by atoms with Gasteiger partial charge in [-0.1, -0.05) is 19.9 Å². The Labute approximate surface area is 157 Å². The second kappa shape index (κ2) is 7.34. The van der Waals surface area contributed by atoms with Crippen LogP contribution in [-0.2, 0) is 19.5 Å². The second-order valence-electron chi connectivity index (χ2n) is 7.22. The number of H-pyrrole nitrogens is 1. The lowest BCUT2D eigenvalue weighted by atomic mass is 10.0. The lowest BCUT2D eigenvalue weighted by Crippen LogP contribution is -2.22. The van der Waals surface area contributed by atoms with Gasteiger partial charge in [0.05, 0.1) is 4.47 Å². The highest BCUT2D eigenvalue weighted by Crippen LogP contribution is 2.38. The van der Waals surface area contributed by atoms with Crippen LogP contribution in [0.1, 0.15) is 41.8 Å². The van der Waals surface area contributed by atoms with Crippen molar-refractivity contribution in [2.45, 2.75) is 53.3 Å². The van der Waals surface area contributed by atoms with Gasteiger partial charge in [-0.25, -0.2) is 0 Å². The molecule has 0 fully saturated rings. The van der Waals surface area contributed by atoms with Gasteiger partial charge in [0, 0.05) is 30.8 Å². The van der Waals surface area contributed by atoms with Crippen LogP contribution in [0, 0.1) is 19.8 Å². The van der Waals surface area contributed by atoms with E-state index in [4.69, 9.17) is 4.74 Å². The summed E-state index contributed by atoms with van der Waals surface area (Å²) >= 11 is 3.64. The second-order valence-corrected chi connectivity index (χ2v) is 8.07. The lowest BCUT2D eigenvalue weighted by molar-refractivity contribution is 0.178. The topological polar surface area (TPSA) is 54.1 Å². The molecule has 1 aliphatic rings. The first-order chi connectivity index (χ1) is 11.8. The van der Waals surface area contributed by atoms with E-state index in [1.807, 2.05) is 19.9 Å². The normalized spacial score (nSPS) is 16.2. The highest BCUT2D eigenvalue weighted by atomic mass is 79.9. The third-order valence-electron chi connectivity index (χ3n) is 4.74. The standard InChI is InChI=1S/C20H25BrN2O2/c1-11(2)18-8-15-6-14(7-17(21)19(15)25-18)9-22-10-16-12(3)5-13(4)23-20(16)24/h5-7,11,18,22H,8-10H2,1-4H3,(H,23,24). The predicted molar refractivity (Wildman–Crippen MR) is 104 cm³/mol. The predicted octanol–water partition coefficient (Wildman–Crippen LogP) is 4.00. The number of halogens is 1. The molecule has 134 valence electrons. The molecular weight excluding hydrogens is 380 g/mol. The van der Waals surface area contributed by atoms with Crippen molar-refractivity contribution >= 4 is 15.9 Å². The number of aromatic amines is 1. The smallest absolute Gasteiger partial charge is 0.252 e. The van der Waals surface area contributed by atoms with Crippen molar-refractivity contribution in [2.75, 3.05) is 0 Å². The fourth-order valence-electron chi connectivity index (χ4n) is 3.31. The van der Waals surface area contributed by atoms with Crippen LogP contribution in [-0.4, -0.2) is 11.1 Å². The van der Waals surface area contributed by atoms with E-state index in [0.29, 0.717) is 19.0 Å². The molecule has 1 unspecified atom stereocenters. The lowest BCUT2D eigenvalue weighted by Gasteiger charge is -2.14. The molecule has 1 aliphatic heterocycles. The monoisotopic (exact) mass is 404 g/mol. The molecule has 0 radical (unpaired) electrons. The van der Waals surface area contributed by atoms with Gasteiger partial charge in [-0.15, -0.1) is 0 Å². The van der Waals surface area contributed by atoms with Crippen molar-refractivity contribution in [3.05, 3.63) is 61.0 Å². The molecule has 4 nitrogen and oxygen atoms in total. The first kappa shape index (κ1) is 18.2. The minimum Gasteiger partial charge on any atom is -0.488 e. The molecule has 0 bridgehead atoms. The summed E-state index contributed by atoms with van der Waals surface area (Å²) in [6.45, 7) is 9.53. The van der Waals surface area contributed by atoms with Crippen LogP contribution in [0.15, 0.2) is 27.5 Å². The highest BCUT2D eigenvalue weighted by Gasteiger charge is 2.27. The molecular formula is C20H25BrN2O2. The molecule has 0 spiro atoms. The zero-order valence-corrected chi connectivity index (χ0v) is 16.8. The van der Waals surface area contributed by atoms with Gasteiger partial charge in [0.1, 0.15) is 11.9 Å². The van der Waals surface area contributed by atoms with Crippen molar-refractivity contribution in [3.8, 4) is 5.75 Å². The third-order valence-corrected chi connectivity index (χ3v) is 5.33. The van der Waals surface area contributed by atoms with Crippen LogP contribution in [0.25, 0.3) is 0 Å². The number of nitrogens with one attached hydrogen (secondary N) is 2. The highest BCUT2D eigenvalue weighted by molar-refractivity contribution is 9.10. The number of hydrogen-bond acceptors (Lipinski definition) is 3. The molecule has 1 aromatic carbocycles. The van der Waals surface area contributed by atoms with E-state index in [-0.39, 0.29) is 11.7 Å². The SMILES string of the molecule is Cc1cc(C)c(CNCc2cc(Br)c3c(c2)CC(C(C)C)O3)c(=O)[nH]1. The van der Waals surface area contributed by atoms with Gasteiger partial charge in [0.25, 0.3) is 5.56 Å². The summed E-state index contributed by atoms with van der Waals surface area (Å²) in [5.74, 6) is 1.48. The maximum Gasteiger partial charge on any atom is 0.252 e. The number of aryl methyl sites for hydroxylation is 2. The number of ether oxygens (including phenoxy) is 1. The fourth-order valence-corrected chi connectivity index (χ4v) is 3.96. The van der Waals surface area contributed by atoms with Gasteiger partial charge in [0.2, 0.25) is 0 Å². The first-order valence-electron chi connectivity index (χ1n) is 8.73. The van der Waals surface area contributed by atoms with Gasteiger partial charge in [-0.05, 0) is 64.5 Å². The molecule has 5 heteroatoms. The minimum absolute atomic E-state index is 0.00620. The van der Waals surface area contributed by atoms with Crippen molar-refractivity contribution in [1.82, 2.24) is 10.3 Å². The summed E-state index contributed by atoms with van der Waals surface area (Å²) in [6.07, 6.45) is 1.21. The van der Waals surface area contributed by atoms with Gasteiger partial charge >= 0.3 is 0 Å². The van der Waals surface area contributed by atoms with Crippen LogP contribution in [0.2, 0.25) is 0 Å². The van der Waals surface area contributed by atoms with Crippen molar-refractivity contribution in [3.63, 3.8) is 0 Å². The molecule has 0 saturated carbocycles. The number of pyridine rings is 1. The first-order valence-corrected chi connectivity index (χ1v) is 9.52. The van der Waals surface area contributed by atoms with Gasteiger partial charge in [0.15, 0.2) is 0 Å². The van der Waals surface area contributed by atoms with Crippen LogP contribution in [0.4, 0.5) is 0 Å². The van der Waals surface area contributed by atoms with Gasteiger partial charge in [-0.3, -0.25) is 4.79 Å². The maximum atomic E-state index is 12.1. The number of fused-ring (bicyclic) bond motifs is 1. The Morgan fingerprint density at radius 1 is 1.28 bits per heavy atom. The average Bonchev–Trinajstić information content (AvgIpc) is 2.95. The van der Waals surface area contributed by atoms with Crippen molar-refractivity contribution in [1.29, 1.82) is 0 Å². The average molecular weight is 405 g/mol. The van der Waals surface area contributed by atoms with Crippen LogP contribution in [0.5, 0.6) is 5.75 Å². The Kier molecular flexibility index (Phi) is 5.35. The van der Waals surface area contributed by atoms with Crippen molar-refractivity contribution < 1.29 is 4.74 Å². The summed E-state index contributed by atoms with van der Waals surface area (Å²) in [6, 6.07) is 6.32. The third kappa shape index (κ3) is 3.98. The maximum absolute atomic E-state index is 12.1. The summed E-state index contributed by atoms with van der Waals surface area (Å²) in [5, 5.41) is 3.39. The Bertz CT molecular complexity index is 842. The van der Waals surface area contributed by atoms with Gasteiger partial charge in [-0.2, -0.15) is 0 Å². The van der Waals surface area contributed by atoms with Crippen molar-refractivity contribution in [2.24, 2.45) is 5.92 Å². The molecule has 25 heavy (non-hydrogen) atoms. The molecule has 3 rings (SSSR count). The Morgan fingerprint density at radius 2 is 2.04 bits per heavy atom. The minimum atomic E-state index is -0.00620. The summed E-state index contributed by atoms with van der Waals surface area (Å²) in [5.41, 5.74) is 5.17. The molecule has 0 saturated heterocycles. The number of benzene rings is 1. The summed E-state index contributed by atoms with van der Waals surface area (Å²) < 4.78 is 7.07. The summed E-state index contributed by atoms with van der Waals surface area (Å²) in [4.78, 5) is 15.0. The Morgan fingerprint density at radius 3 is 2.72 bits per heavy atom. The van der Waals surface area contributed by atoms with Gasteiger partial charge < -0.3 is 15.0 Å². The van der Waals surface area contributed by atoms with Crippen LogP contribution >= 0.6 is 15.9 Å². The molecule has 1 aromatic heterocycles. The Balaban J connectivity index is 1.69. The Hall–Kier alpha value is -1.59. The van der Waals surface area contributed by atoms with E-state index in [2.05, 4.69) is 52.2 Å². The molecule has 2 N–H and O–H groups in total. The summed E-state index contributed by atoms with van der Waals surface area (Å²) in [7, 11) is 0. The van der Waals surface area contributed by atoms with E-state index < -0.39 is 0 Å². The quantitative estimate of drug-likeness (QED) is 0.791. The van der Waals surface area contributed by atoms with E-state index in [0.717, 1.165) is 33.5 Å². The zero-order valence-electron chi connectivity index (χ0n) is 15.2. The molecule has 0 amide bonds. The number of rotatable bonds is 5. The van der Waals surface area contributed by atoms with E-state index in [1.165, 1.54) is 11.1 Å². The number of hydrogen-bond donors (Lipinski definition) is 2. The molecule has 1 atom stereocenters.